The topological polar surface area (TPSA) is 103 Å². The molecule has 1 amide bonds. The number of hydrogen-bond donors (Lipinski definition) is 3. The molecule has 160 valence electrons. The van der Waals surface area contributed by atoms with Gasteiger partial charge in [-0.15, -0.1) is 24.8 Å². The molecule has 3 rings (SSSR count). The lowest BCUT2D eigenvalue weighted by Gasteiger charge is -2.38. The molecule has 5 N–H and O–H groups in total. The van der Waals surface area contributed by atoms with E-state index in [1.807, 2.05) is 31.3 Å². The average molecular weight is 441 g/mol. The highest BCUT2D eigenvalue weighted by Crippen LogP contribution is 2.41. The number of ether oxygens (including phenoxy) is 1. The summed E-state index contributed by atoms with van der Waals surface area (Å²) in [7, 11) is 3.62. The number of nitrogens with one attached hydrogen (secondary N) is 1. The van der Waals surface area contributed by atoms with Crippen LogP contribution in [0, 0.1) is 5.41 Å². The second-order valence-corrected chi connectivity index (χ2v) is 7.38. The molecule has 6 nitrogen and oxygen atoms in total. The van der Waals surface area contributed by atoms with Crippen LogP contribution in [0.5, 0.6) is 5.75 Å². The van der Waals surface area contributed by atoms with E-state index in [0.717, 1.165) is 48.1 Å². The summed E-state index contributed by atoms with van der Waals surface area (Å²) in [6.45, 7) is 0. The van der Waals surface area contributed by atoms with Gasteiger partial charge in [0.1, 0.15) is 11.6 Å². The van der Waals surface area contributed by atoms with Crippen LogP contribution in [0.4, 0.5) is 5.82 Å². The molecule has 1 aromatic heterocycles. The van der Waals surface area contributed by atoms with Crippen molar-refractivity contribution in [1.29, 1.82) is 0 Å². The van der Waals surface area contributed by atoms with Gasteiger partial charge in [-0.25, -0.2) is 4.98 Å². The number of primary amides is 1. The number of carbonyl (C=O) groups is 1. The van der Waals surface area contributed by atoms with Crippen LogP contribution in [-0.2, 0) is 11.2 Å². The fourth-order valence-electron chi connectivity index (χ4n) is 4.06. The van der Waals surface area contributed by atoms with Crippen molar-refractivity contribution >= 4 is 36.5 Å². The highest BCUT2D eigenvalue weighted by molar-refractivity contribution is 5.85. The number of amides is 1. The minimum atomic E-state index is -0.531. The third-order valence-electron chi connectivity index (χ3n) is 5.80. The molecule has 8 heteroatoms. The Morgan fingerprint density at radius 2 is 1.86 bits per heavy atom. The quantitative estimate of drug-likeness (QED) is 0.638. The number of methoxy groups -OCH3 is 1. The zero-order valence-corrected chi connectivity index (χ0v) is 18.4. The molecule has 1 aromatic carbocycles. The second kappa shape index (κ2) is 10.7. The minimum absolute atomic E-state index is 0. The summed E-state index contributed by atoms with van der Waals surface area (Å²) in [6, 6.07) is 10.2. The Balaban J connectivity index is 0.00000210. The van der Waals surface area contributed by atoms with Gasteiger partial charge in [0.25, 0.3) is 0 Å². The molecule has 2 aromatic rings. The first-order chi connectivity index (χ1) is 13.0. The number of pyridine rings is 1. The van der Waals surface area contributed by atoms with Gasteiger partial charge in [0.05, 0.1) is 12.5 Å². The number of carbonyl (C=O) groups excluding carboxylic acids is 1. The molecule has 0 unspecified atom stereocenters. The Kier molecular flexibility index (Phi) is 9.20. The number of nitrogens with two attached hydrogens (primary N) is 2. The van der Waals surface area contributed by atoms with E-state index < -0.39 is 5.41 Å². The lowest BCUT2D eigenvalue weighted by atomic mass is 9.68. The van der Waals surface area contributed by atoms with Crippen LogP contribution in [0.1, 0.15) is 31.2 Å². The molecule has 1 aliphatic carbocycles. The molecule has 0 aliphatic heterocycles. The first kappa shape index (κ1) is 25.0. The van der Waals surface area contributed by atoms with E-state index >= 15 is 0 Å². The zero-order valence-electron chi connectivity index (χ0n) is 16.8. The number of nitrogens with zero attached hydrogens (tertiary/aromatic N) is 1. The van der Waals surface area contributed by atoms with Crippen molar-refractivity contribution in [3.8, 4) is 16.9 Å². The molecule has 1 fully saturated rings. The fourth-order valence-corrected chi connectivity index (χ4v) is 4.06. The van der Waals surface area contributed by atoms with Crippen LogP contribution < -0.4 is 21.5 Å². The van der Waals surface area contributed by atoms with Gasteiger partial charge in [0, 0.05) is 12.2 Å². The Morgan fingerprint density at radius 1 is 1.21 bits per heavy atom. The predicted molar refractivity (Wildman–Crippen MR) is 122 cm³/mol. The number of hydrogen-bond acceptors (Lipinski definition) is 5. The standard InChI is InChI=1S/C21H28N4O2.2ClH/c1-24-17-5-8-21(9-6-17,20(23)26)13-16-11-14(3-4-18(16)27-2)15-7-10-25-19(22)12-15;;/h3-4,7,10-12,17,24H,5-6,8-9,13H2,1-2H3,(H2,22,25)(H2,23,26);2*1H. The molecule has 0 atom stereocenters. The van der Waals surface area contributed by atoms with Gasteiger partial charge >= 0.3 is 0 Å². The highest BCUT2D eigenvalue weighted by atomic mass is 35.5. The summed E-state index contributed by atoms with van der Waals surface area (Å²) in [5.41, 5.74) is 14.2. The van der Waals surface area contributed by atoms with Crippen molar-refractivity contribution in [3.05, 3.63) is 42.1 Å². The number of nitrogen functional groups attached to an aromatic ring is 1. The van der Waals surface area contributed by atoms with E-state index in [1.165, 1.54) is 0 Å². The molecular weight excluding hydrogens is 411 g/mol. The molecule has 1 aliphatic rings. The lowest BCUT2D eigenvalue weighted by molar-refractivity contribution is -0.129. The van der Waals surface area contributed by atoms with E-state index in [0.29, 0.717) is 18.3 Å². The predicted octanol–water partition coefficient (Wildman–Crippen LogP) is 3.36. The molecule has 0 bridgehead atoms. The van der Waals surface area contributed by atoms with E-state index in [2.05, 4.69) is 16.4 Å². The number of rotatable bonds is 6. The number of anilines is 1. The normalized spacial score (nSPS) is 20.8. The van der Waals surface area contributed by atoms with Crippen molar-refractivity contribution in [1.82, 2.24) is 10.3 Å². The zero-order chi connectivity index (χ0) is 19.4. The maximum absolute atomic E-state index is 12.4. The van der Waals surface area contributed by atoms with Gasteiger partial charge in [0.15, 0.2) is 0 Å². The van der Waals surface area contributed by atoms with Crippen molar-refractivity contribution in [2.45, 2.75) is 38.1 Å². The van der Waals surface area contributed by atoms with Crippen LogP contribution in [0.25, 0.3) is 11.1 Å². The van der Waals surface area contributed by atoms with Crippen molar-refractivity contribution in [2.75, 3.05) is 19.9 Å². The van der Waals surface area contributed by atoms with Crippen LogP contribution in [0.3, 0.4) is 0 Å². The number of benzene rings is 1. The summed E-state index contributed by atoms with van der Waals surface area (Å²) < 4.78 is 5.57. The summed E-state index contributed by atoms with van der Waals surface area (Å²) >= 11 is 0. The largest absolute Gasteiger partial charge is 0.496 e. The Morgan fingerprint density at radius 3 is 2.41 bits per heavy atom. The maximum atomic E-state index is 12.4. The molecule has 0 radical (unpaired) electrons. The first-order valence-corrected chi connectivity index (χ1v) is 9.33. The van der Waals surface area contributed by atoms with Gasteiger partial charge < -0.3 is 21.5 Å². The Labute approximate surface area is 184 Å². The van der Waals surface area contributed by atoms with Gasteiger partial charge in [-0.05, 0) is 80.1 Å². The molecule has 0 spiro atoms. The second-order valence-electron chi connectivity index (χ2n) is 7.38. The molecule has 1 heterocycles. The summed E-state index contributed by atoms with van der Waals surface area (Å²) in [5, 5.41) is 3.31. The number of aromatic nitrogens is 1. The summed E-state index contributed by atoms with van der Waals surface area (Å²) in [5.74, 6) is 1.03. The number of halogens is 2. The average Bonchev–Trinajstić information content (AvgIpc) is 2.68. The molecule has 1 saturated carbocycles. The van der Waals surface area contributed by atoms with E-state index in [4.69, 9.17) is 16.2 Å². The highest BCUT2D eigenvalue weighted by Gasteiger charge is 2.40. The van der Waals surface area contributed by atoms with Crippen molar-refractivity contribution < 1.29 is 9.53 Å². The minimum Gasteiger partial charge on any atom is -0.496 e. The Bertz CT molecular complexity index is 824. The third-order valence-corrected chi connectivity index (χ3v) is 5.80. The van der Waals surface area contributed by atoms with Crippen LogP contribution in [0.2, 0.25) is 0 Å². The third kappa shape index (κ3) is 5.53. The van der Waals surface area contributed by atoms with E-state index in [9.17, 15) is 4.79 Å². The molecule has 29 heavy (non-hydrogen) atoms. The van der Waals surface area contributed by atoms with Gasteiger partial charge in [-0.2, -0.15) is 0 Å². The van der Waals surface area contributed by atoms with E-state index in [1.54, 1.807) is 13.3 Å². The smallest absolute Gasteiger partial charge is 0.223 e. The van der Waals surface area contributed by atoms with Crippen molar-refractivity contribution in [2.24, 2.45) is 11.1 Å². The summed E-state index contributed by atoms with van der Waals surface area (Å²) in [6.07, 6.45) is 5.73. The van der Waals surface area contributed by atoms with Crippen LogP contribution in [0.15, 0.2) is 36.5 Å². The van der Waals surface area contributed by atoms with Crippen LogP contribution in [-0.4, -0.2) is 31.1 Å². The van der Waals surface area contributed by atoms with Crippen LogP contribution >= 0.6 is 24.8 Å². The SMILES string of the molecule is CNC1CCC(Cc2cc(-c3ccnc(N)c3)ccc2OC)(C(N)=O)CC1.Cl.Cl. The maximum Gasteiger partial charge on any atom is 0.223 e. The molecule has 0 saturated heterocycles. The van der Waals surface area contributed by atoms with Gasteiger partial charge in [-0.3, -0.25) is 4.79 Å². The summed E-state index contributed by atoms with van der Waals surface area (Å²) in [4.78, 5) is 16.5. The molecular formula is C21H30Cl2N4O2. The van der Waals surface area contributed by atoms with Crippen molar-refractivity contribution in [3.63, 3.8) is 0 Å². The van der Waals surface area contributed by atoms with E-state index in [-0.39, 0.29) is 30.7 Å². The monoisotopic (exact) mass is 440 g/mol. The van der Waals surface area contributed by atoms with Gasteiger partial charge in [0.2, 0.25) is 5.91 Å². The lowest BCUT2D eigenvalue weighted by Crippen LogP contribution is -2.45. The first-order valence-electron chi connectivity index (χ1n) is 9.33. The fraction of sp³-hybridized carbons (Fsp3) is 0.429. The van der Waals surface area contributed by atoms with Gasteiger partial charge in [-0.1, -0.05) is 6.07 Å². The Hall–Kier alpha value is -2.02.